The van der Waals surface area contributed by atoms with Crippen LogP contribution >= 0.6 is 0 Å². The smallest absolute Gasteiger partial charge is 0.247 e. The molecule has 1 atom stereocenters. The van der Waals surface area contributed by atoms with E-state index in [-0.39, 0.29) is 25.2 Å². The SMILES string of the molecule is O=C(NCc1ccco1)C(c1ccccc1F)N(Cc1ccco1)C(=O)Cn1nnc2ccccc21. The normalized spacial score (nSPS) is 11.9. The van der Waals surface area contributed by atoms with Crippen molar-refractivity contribution >= 4 is 22.8 Å². The van der Waals surface area contributed by atoms with Crippen LogP contribution in [0, 0.1) is 5.82 Å². The van der Waals surface area contributed by atoms with E-state index in [1.807, 2.05) is 12.1 Å². The maximum absolute atomic E-state index is 15.0. The number of nitrogens with one attached hydrogen (secondary N) is 1. The molecule has 1 unspecified atom stereocenters. The van der Waals surface area contributed by atoms with Crippen LogP contribution in [0.15, 0.2) is 94.2 Å². The summed E-state index contributed by atoms with van der Waals surface area (Å²) < 4.78 is 27.2. The van der Waals surface area contributed by atoms with Crippen LogP contribution in [0.25, 0.3) is 11.0 Å². The van der Waals surface area contributed by atoms with Crippen molar-refractivity contribution in [3.8, 4) is 0 Å². The molecule has 9 nitrogen and oxygen atoms in total. The summed E-state index contributed by atoms with van der Waals surface area (Å²) in [5, 5.41) is 10.9. The molecule has 0 saturated carbocycles. The second-order valence-electron chi connectivity index (χ2n) is 8.06. The molecule has 0 bridgehead atoms. The number of hydrogen-bond donors (Lipinski definition) is 1. The van der Waals surface area contributed by atoms with Gasteiger partial charge in [-0.1, -0.05) is 35.5 Å². The second kappa shape index (κ2) is 10.3. The van der Waals surface area contributed by atoms with Crippen molar-refractivity contribution in [2.24, 2.45) is 0 Å². The lowest BCUT2D eigenvalue weighted by Crippen LogP contribution is -2.44. The Morgan fingerprint density at radius 3 is 2.42 bits per heavy atom. The van der Waals surface area contributed by atoms with Gasteiger partial charge in [-0.2, -0.15) is 0 Å². The molecular weight excluding hydrogens is 465 g/mol. The van der Waals surface area contributed by atoms with Gasteiger partial charge in [0, 0.05) is 5.56 Å². The Morgan fingerprint density at radius 1 is 0.944 bits per heavy atom. The summed E-state index contributed by atoms with van der Waals surface area (Å²) in [5.41, 5.74) is 1.34. The Balaban J connectivity index is 1.51. The first kappa shape index (κ1) is 23.0. The zero-order valence-electron chi connectivity index (χ0n) is 19.1. The maximum atomic E-state index is 15.0. The van der Waals surface area contributed by atoms with Crippen LogP contribution in [0.4, 0.5) is 4.39 Å². The van der Waals surface area contributed by atoms with Gasteiger partial charge < -0.3 is 19.1 Å². The number of halogens is 1. The Bertz CT molecular complexity index is 1460. The minimum absolute atomic E-state index is 0.0535. The molecule has 0 spiro atoms. The van der Waals surface area contributed by atoms with Gasteiger partial charge in [-0.15, -0.1) is 5.10 Å². The number of fused-ring (bicyclic) bond motifs is 1. The third kappa shape index (κ3) is 4.88. The molecular formula is C26H22FN5O4. The zero-order valence-corrected chi connectivity index (χ0v) is 19.1. The van der Waals surface area contributed by atoms with Gasteiger partial charge in [-0.3, -0.25) is 9.59 Å². The molecule has 0 aliphatic rings. The first-order valence-electron chi connectivity index (χ1n) is 11.2. The minimum atomic E-state index is -1.28. The van der Waals surface area contributed by atoms with Crippen molar-refractivity contribution in [2.75, 3.05) is 0 Å². The molecule has 182 valence electrons. The van der Waals surface area contributed by atoms with E-state index in [9.17, 15) is 9.59 Å². The third-order valence-corrected chi connectivity index (χ3v) is 5.71. The summed E-state index contributed by atoms with van der Waals surface area (Å²) in [6.07, 6.45) is 2.96. The van der Waals surface area contributed by atoms with Crippen LogP contribution in [0.1, 0.15) is 23.1 Å². The molecule has 0 saturated heterocycles. The van der Waals surface area contributed by atoms with Gasteiger partial charge in [0.1, 0.15) is 35.4 Å². The van der Waals surface area contributed by atoms with Crippen LogP contribution < -0.4 is 5.32 Å². The van der Waals surface area contributed by atoms with Gasteiger partial charge in [0.05, 0.1) is 31.1 Å². The number of hydrogen-bond acceptors (Lipinski definition) is 6. The molecule has 5 rings (SSSR count). The van der Waals surface area contributed by atoms with E-state index in [0.29, 0.717) is 22.6 Å². The predicted octanol–water partition coefficient (Wildman–Crippen LogP) is 3.84. The summed E-state index contributed by atoms with van der Waals surface area (Å²) in [6.45, 7) is -0.198. The summed E-state index contributed by atoms with van der Waals surface area (Å²) in [5.74, 6) is -0.692. The van der Waals surface area contributed by atoms with E-state index in [2.05, 4.69) is 15.6 Å². The Hall–Kier alpha value is -4.73. The van der Waals surface area contributed by atoms with Crippen LogP contribution in [0.3, 0.4) is 0 Å². The number of benzene rings is 2. The van der Waals surface area contributed by atoms with Gasteiger partial charge in [0.2, 0.25) is 11.8 Å². The van der Waals surface area contributed by atoms with Gasteiger partial charge >= 0.3 is 0 Å². The molecule has 2 aromatic carbocycles. The summed E-state index contributed by atoms with van der Waals surface area (Å²) in [7, 11) is 0. The highest BCUT2D eigenvalue weighted by Gasteiger charge is 2.34. The predicted molar refractivity (Wildman–Crippen MR) is 126 cm³/mol. The highest BCUT2D eigenvalue weighted by atomic mass is 19.1. The average Bonchev–Trinajstić information content (AvgIpc) is 3.67. The fraction of sp³-hybridized carbons (Fsp3) is 0.154. The maximum Gasteiger partial charge on any atom is 0.247 e. The van der Waals surface area contributed by atoms with Gasteiger partial charge in [-0.05, 0) is 42.5 Å². The second-order valence-corrected chi connectivity index (χ2v) is 8.06. The number of furan rings is 2. The molecule has 1 N–H and O–H groups in total. The van der Waals surface area contributed by atoms with Crippen molar-refractivity contribution in [3.63, 3.8) is 0 Å². The van der Waals surface area contributed by atoms with Crippen molar-refractivity contribution in [1.82, 2.24) is 25.2 Å². The topological polar surface area (TPSA) is 106 Å². The summed E-state index contributed by atoms with van der Waals surface area (Å²) in [4.78, 5) is 28.5. The first-order chi connectivity index (χ1) is 17.6. The minimum Gasteiger partial charge on any atom is -0.467 e. The van der Waals surface area contributed by atoms with E-state index in [1.165, 1.54) is 40.3 Å². The van der Waals surface area contributed by atoms with E-state index < -0.39 is 23.7 Å². The first-order valence-corrected chi connectivity index (χ1v) is 11.2. The van der Waals surface area contributed by atoms with Crippen molar-refractivity contribution in [1.29, 1.82) is 0 Å². The molecule has 3 aromatic heterocycles. The molecule has 0 fully saturated rings. The molecule has 0 aliphatic carbocycles. The number of aromatic nitrogens is 3. The molecule has 2 amide bonds. The van der Waals surface area contributed by atoms with E-state index >= 15 is 4.39 Å². The fourth-order valence-corrected chi connectivity index (χ4v) is 3.98. The average molecular weight is 487 g/mol. The quantitative estimate of drug-likeness (QED) is 0.339. The molecule has 3 heterocycles. The number of carbonyl (C=O) groups excluding carboxylic acids is 2. The largest absolute Gasteiger partial charge is 0.467 e. The fourth-order valence-electron chi connectivity index (χ4n) is 3.98. The van der Waals surface area contributed by atoms with E-state index in [4.69, 9.17) is 8.83 Å². The number of rotatable bonds is 9. The van der Waals surface area contributed by atoms with Crippen molar-refractivity contribution in [3.05, 3.63) is 108 Å². The van der Waals surface area contributed by atoms with Crippen LogP contribution in [-0.4, -0.2) is 31.7 Å². The Labute approximate surface area is 205 Å². The molecule has 36 heavy (non-hydrogen) atoms. The Morgan fingerprint density at radius 2 is 1.67 bits per heavy atom. The summed E-state index contributed by atoms with van der Waals surface area (Å²) >= 11 is 0. The van der Waals surface area contributed by atoms with Gasteiger partial charge in [0.15, 0.2) is 0 Å². The lowest BCUT2D eigenvalue weighted by molar-refractivity contribution is -0.142. The molecule has 0 radical (unpaired) electrons. The van der Waals surface area contributed by atoms with Crippen LogP contribution in [0.5, 0.6) is 0 Å². The van der Waals surface area contributed by atoms with Crippen molar-refractivity contribution < 1.29 is 22.8 Å². The highest BCUT2D eigenvalue weighted by Crippen LogP contribution is 2.27. The standard InChI is InChI=1S/C26H22FN5O4/c27-21-10-2-1-9-20(21)25(26(34)28-15-18-7-5-13-35-18)31(16-19-8-6-14-36-19)24(33)17-32-23-12-4-3-11-22(23)29-30-32/h1-14,25H,15-17H2,(H,28,34). The zero-order chi connectivity index (χ0) is 24.9. The molecule has 5 aromatic rings. The Kier molecular flexibility index (Phi) is 6.57. The monoisotopic (exact) mass is 487 g/mol. The highest BCUT2D eigenvalue weighted by molar-refractivity contribution is 5.89. The van der Waals surface area contributed by atoms with Gasteiger partial charge in [-0.25, -0.2) is 9.07 Å². The number of amides is 2. The molecule has 0 aliphatic heterocycles. The lowest BCUT2D eigenvalue weighted by Gasteiger charge is -2.31. The van der Waals surface area contributed by atoms with E-state index in [0.717, 1.165) is 0 Å². The molecule has 10 heteroatoms. The lowest BCUT2D eigenvalue weighted by atomic mass is 10.0. The van der Waals surface area contributed by atoms with Crippen molar-refractivity contribution in [2.45, 2.75) is 25.7 Å². The third-order valence-electron chi connectivity index (χ3n) is 5.71. The van der Waals surface area contributed by atoms with Crippen LogP contribution in [-0.2, 0) is 29.2 Å². The number of nitrogens with zero attached hydrogens (tertiary/aromatic N) is 4. The van der Waals surface area contributed by atoms with E-state index in [1.54, 1.807) is 42.5 Å². The number of carbonyl (C=O) groups is 2. The van der Waals surface area contributed by atoms with Crippen LogP contribution in [0.2, 0.25) is 0 Å². The number of para-hydroxylation sites is 1. The van der Waals surface area contributed by atoms with Gasteiger partial charge in [0.25, 0.3) is 0 Å². The summed E-state index contributed by atoms with van der Waals surface area (Å²) in [6, 6.07) is 18.6.